The van der Waals surface area contributed by atoms with Gasteiger partial charge in [0.15, 0.2) is 0 Å². The zero-order chi connectivity index (χ0) is 22.5. The van der Waals surface area contributed by atoms with E-state index in [1.165, 1.54) is 24.5 Å². The monoisotopic (exact) mass is 418 g/mol. The SMILES string of the molecule is Cc1cc(C(=O)O)cc(C(=O)O)c1.O=C(O)c1cnn(-c2cccc3ccccc23)c1. The summed E-state index contributed by atoms with van der Waals surface area (Å²) in [6, 6.07) is 17.8. The van der Waals surface area contributed by atoms with E-state index in [-0.39, 0.29) is 16.7 Å². The summed E-state index contributed by atoms with van der Waals surface area (Å²) in [5.41, 5.74) is 1.68. The fourth-order valence-electron chi connectivity index (χ4n) is 3.00. The summed E-state index contributed by atoms with van der Waals surface area (Å²) >= 11 is 0. The molecule has 31 heavy (non-hydrogen) atoms. The average molecular weight is 418 g/mol. The largest absolute Gasteiger partial charge is 0.478 e. The number of carboxylic acids is 3. The van der Waals surface area contributed by atoms with Crippen molar-refractivity contribution in [2.75, 3.05) is 0 Å². The van der Waals surface area contributed by atoms with Crippen LogP contribution in [0.4, 0.5) is 0 Å². The Morgan fingerprint density at radius 3 is 1.94 bits per heavy atom. The highest BCUT2D eigenvalue weighted by atomic mass is 16.4. The van der Waals surface area contributed by atoms with Gasteiger partial charge in [-0.2, -0.15) is 5.10 Å². The van der Waals surface area contributed by atoms with E-state index in [4.69, 9.17) is 15.3 Å². The van der Waals surface area contributed by atoms with Crippen LogP contribution in [0.1, 0.15) is 36.6 Å². The Morgan fingerprint density at radius 2 is 1.35 bits per heavy atom. The lowest BCUT2D eigenvalue weighted by Gasteiger charge is -2.05. The van der Waals surface area contributed by atoms with Gasteiger partial charge in [0.05, 0.1) is 28.6 Å². The van der Waals surface area contributed by atoms with Gasteiger partial charge in [-0.25, -0.2) is 19.1 Å². The number of hydrogen-bond donors (Lipinski definition) is 3. The fourth-order valence-corrected chi connectivity index (χ4v) is 3.00. The molecule has 0 atom stereocenters. The predicted octanol–water partition coefficient (Wildman–Crippen LogP) is 4.12. The molecule has 156 valence electrons. The van der Waals surface area contributed by atoms with Gasteiger partial charge in [-0.1, -0.05) is 36.4 Å². The van der Waals surface area contributed by atoms with Crippen LogP contribution in [-0.2, 0) is 0 Å². The first-order valence-corrected chi connectivity index (χ1v) is 9.10. The molecule has 0 aliphatic carbocycles. The minimum absolute atomic E-state index is 0.00241. The third-order valence-electron chi connectivity index (χ3n) is 4.41. The number of aromatic carboxylic acids is 3. The second-order valence-corrected chi connectivity index (χ2v) is 6.68. The maximum absolute atomic E-state index is 10.9. The Hall–Kier alpha value is -4.46. The number of benzene rings is 3. The number of hydrogen-bond acceptors (Lipinski definition) is 4. The zero-order valence-electron chi connectivity index (χ0n) is 16.4. The minimum Gasteiger partial charge on any atom is -0.478 e. The Bertz CT molecular complexity index is 1250. The summed E-state index contributed by atoms with van der Waals surface area (Å²) in [5.74, 6) is -3.21. The predicted molar refractivity (Wildman–Crippen MR) is 113 cm³/mol. The van der Waals surface area contributed by atoms with Crippen LogP contribution in [0.2, 0.25) is 0 Å². The number of carbonyl (C=O) groups is 3. The van der Waals surface area contributed by atoms with Crippen molar-refractivity contribution in [3.63, 3.8) is 0 Å². The van der Waals surface area contributed by atoms with Gasteiger partial charge < -0.3 is 15.3 Å². The van der Waals surface area contributed by atoms with Gasteiger partial charge in [-0.15, -0.1) is 0 Å². The molecule has 1 heterocycles. The highest BCUT2D eigenvalue weighted by Crippen LogP contribution is 2.21. The molecule has 0 amide bonds. The van der Waals surface area contributed by atoms with Crippen LogP contribution >= 0.6 is 0 Å². The molecule has 8 nitrogen and oxygen atoms in total. The van der Waals surface area contributed by atoms with Crippen molar-refractivity contribution in [1.29, 1.82) is 0 Å². The molecule has 0 aliphatic heterocycles. The Kier molecular flexibility index (Phi) is 6.11. The van der Waals surface area contributed by atoms with E-state index < -0.39 is 17.9 Å². The number of rotatable bonds is 4. The molecule has 0 bridgehead atoms. The summed E-state index contributed by atoms with van der Waals surface area (Å²) in [6.07, 6.45) is 2.87. The summed E-state index contributed by atoms with van der Waals surface area (Å²) in [5, 5.41) is 32.4. The average Bonchev–Trinajstić information content (AvgIpc) is 3.24. The Labute approximate surface area is 176 Å². The van der Waals surface area contributed by atoms with Gasteiger partial charge in [0.2, 0.25) is 0 Å². The van der Waals surface area contributed by atoms with Gasteiger partial charge >= 0.3 is 17.9 Å². The smallest absolute Gasteiger partial charge is 0.338 e. The van der Waals surface area contributed by atoms with Gasteiger partial charge in [0, 0.05) is 11.6 Å². The molecule has 0 unspecified atom stereocenters. The normalized spacial score (nSPS) is 10.2. The fraction of sp³-hybridized carbons (Fsp3) is 0.0435. The summed E-state index contributed by atoms with van der Waals surface area (Å²) in [6.45, 7) is 1.65. The second kappa shape index (κ2) is 8.91. The Morgan fingerprint density at radius 1 is 0.774 bits per heavy atom. The summed E-state index contributed by atoms with van der Waals surface area (Å²) in [7, 11) is 0. The molecular formula is C23H18N2O6. The van der Waals surface area contributed by atoms with Crippen LogP contribution in [0.25, 0.3) is 16.5 Å². The number of nitrogens with zero attached hydrogens (tertiary/aromatic N) is 2. The highest BCUT2D eigenvalue weighted by molar-refractivity contribution is 5.94. The van der Waals surface area contributed by atoms with Crippen molar-refractivity contribution in [3.8, 4) is 5.69 Å². The third kappa shape index (κ3) is 4.94. The van der Waals surface area contributed by atoms with E-state index in [0.29, 0.717) is 5.56 Å². The van der Waals surface area contributed by atoms with E-state index >= 15 is 0 Å². The van der Waals surface area contributed by atoms with Crippen molar-refractivity contribution >= 4 is 28.7 Å². The van der Waals surface area contributed by atoms with Crippen molar-refractivity contribution in [3.05, 3.63) is 95.3 Å². The maximum Gasteiger partial charge on any atom is 0.338 e. The molecule has 0 saturated carbocycles. The van der Waals surface area contributed by atoms with E-state index in [1.807, 2.05) is 42.5 Å². The molecule has 3 N–H and O–H groups in total. The lowest BCUT2D eigenvalue weighted by Crippen LogP contribution is -2.02. The van der Waals surface area contributed by atoms with Gasteiger partial charge in [-0.05, 0) is 42.1 Å². The molecule has 0 radical (unpaired) electrons. The molecule has 4 aromatic rings. The molecule has 0 aliphatic rings. The molecular weight excluding hydrogens is 400 g/mol. The molecule has 8 heteroatoms. The number of aromatic nitrogens is 2. The third-order valence-corrected chi connectivity index (χ3v) is 4.41. The first-order chi connectivity index (χ1) is 14.8. The van der Waals surface area contributed by atoms with Crippen molar-refractivity contribution < 1.29 is 29.7 Å². The summed E-state index contributed by atoms with van der Waals surface area (Å²) in [4.78, 5) is 31.9. The minimum atomic E-state index is -1.12. The van der Waals surface area contributed by atoms with E-state index in [1.54, 1.807) is 11.6 Å². The molecule has 3 aromatic carbocycles. The standard InChI is InChI=1S/C14H10N2O2.C9H8O4/c17-14(18)11-8-15-16(9-11)13-7-3-5-10-4-1-2-6-12(10)13;1-5-2-6(8(10)11)4-7(3-5)9(12)13/h1-9H,(H,17,18);2-4H,1H3,(H,10,11)(H,12,13). The van der Waals surface area contributed by atoms with Gasteiger partial charge in [0.1, 0.15) is 0 Å². The first kappa shape index (κ1) is 21.3. The van der Waals surface area contributed by atoms with Crippen molar-refractivity contribution in [2.24, 2.45) is 0 Å². The van der Waals surface area contributed by atoms with E-state index in [9.17, 15) is 14.4 Å². The molecule has 0 spiro atoms. The van der Waals surface area contributed by atoms with Crippen LogP contribution in [0.15, 0.2) is 73.1 Å². The number of carboxylic acid groups (broad SMARTS) is 3. The van der Waals surface area contributed by atoms with E-state index in [0.717, 1.165) is 22.5 Å². The topological polar surface area (TPSA) is 130 Å². The van der Waals surface area contributed by atoms with Crippen LogP contribution in [0, 0.1) is 6.92 Å². The van der Waals surface area contributed by atoms with Gasteiger partial charge in [-0.3, -0.25) is 0 Å². The van der Waals surface area contributed by atoms with Gasteiger partial charge in [0.25, 0.3) is 0 Å². The molecule has 0 fully saturated rings. The summed E-state index contributed by atoms with van der Waals surface area (Å²) < 4.78 is 1.59. The number of aryl methyl sites for hydroxylation is 1. The lowest BCUT2D eigenvalue weighted by atomic mass is 10.1. The quantitative estimate of drug-likeness (QED) is 0.454. The van der Waals surface area contributed by atoms with Crippen LogP contribution in [-0.4, -0.2) is 43.0 Å². The lowest BCUT2D eigenvalue weighted by molar-refractivity contribution is 0.0682. The second-order valence-electron chi connectivity index (χ2n) is 6.68. The first-order valence-electron chi connectivity index (χ1n) is 9.10. The Balaban J connectivity index is 0.000000187. The van der Waals surface area contributed by atoms with Crippen molar-refractivity contribution in [2.45, 2.75) is 6.92 Å². The maximum atomic E-state index is 10.9. The molecule has 1 aromatic heterocycles. The molecule has 4 rings (SSSR count). The number of fused-ring (bicyclic) bond motifs is 1. The zero-order valence-corrected chi connectivity index (χ0v) is 16.4. The van der Waals surface area contributed by atoms with Crippen LogP contribution < -0.4 is 0 Å². The molecule has 0 saturated heterocycles. The highest BCUT2D eigenvalue weighted by Gasteiger charge is 2.10. The van der Waals surface area contributed by atoms with E-state index in [2.05, 4.69) is 5.10 Å². The van der Waals surface area contributed by atoms with Crippen molar-refractivity contribution in [1.82, 2.24) is 9.78 Å². The van der Waals surface area contributed by atoms with Crippen LogP contribution in [0.5, 0.6) is 0 Å². The van der Waals surface area contributed by atoms with Crippen LogP contribution in [0.3, 0.4) is 0 Å².